The van der Waals surface area contributed by atoms with Crippen molar-refractivity contribution in [3.63, 3.8) is 0 Å². The molecule has 3 aromatic heterocycles. The summed E-state index contributed by atoms with van der Waals surface area (Å²) in [6.07, 6.45) is 1.58. The molecular weight excluding hydrogens is 362 g/mol. The van der Waals surface area contributed by atoms with E-state index in [9.17, 15) is 9.59 Å². The van der Waals surface area contributed by atoms with Crippen LogP contribution >= 0.6 is 0 Å². The van der Waals surface area contributed by atoms with Crippen LogP contribution in [0, 0.1) is 13.8 Å². The van der Waals surface area contributed by atoms with Crippen LogP contribution in [0.4, 0.5) is 5.69 Å². The van der Waals surface area contributed by atoms with Crippen molar-refractivity contribution in [2.75, 3.05) is 5.32 Å². The Bertz CT molecular complexity index is 1210. The monoisotopic (exact) mass is 379 g/mol. The SMILES string of the molecule is Cc1nn(-c2nn[nH]n2)c(C)c1NC(=O)CCn1cnc2ccccc2c1=O. The Morgan fingerprint density at radius 3 is 2.86 bits per heavy atom. The maximum atomic E-state index is 12.5. The lowest BCUT2D eigenvalue weighted by Gasteiger charge is -2.08. The van der Waals surface area contributed by atoms with E-state index in [4.69, 9.17) is 0 Å². The lowest BCUT2D eigenvalue weighted by molar-refractivity contribution is -0.116. The van der Waals surface area contributed by atoms with Crippen LogP contribution in [-0.4, -0.2) is 45.9 Å². The van der Waals surface area contributed by atoms with Crippen LogP contribution in [0.25, 0.3) is 16.9 Å². The van der Waals surface area contributed by atoms with Crippen LogP contribution in [0.15, 0.2) is 35.4 Å². The topological polar surface area (TPSA) is 136 Å². The van der Waals surface area contributed by atoms with E-state index in [1.165, 1.54) is 15.6 Å². The van der Waals surface area contributed by atoms with Crippen LogP contribution < -0.4 is 10.9 Å². The Morgan fingerprint density at radius 1 is 1.25 bits per heavy atom. The van der Waals surface area contributed by atoms with Crippen molar-refractivity contribution in [1.29, 1.82) is 0 Å². The molecule has 0 atom stereocenters. The minimum Gasteiger partial charge on any atom is -0.323 e. The summed E-state index contributed by atoms with van der Waals surface area (Å²) in [7, 11) is 0. The van der Waals surface area contributed by atoms with Gasteiger partial charge in [0.2, 0.25) is 5.91 Å². The van der Waals surface area contributed by atoms with Crippen molar-refractivity contribution in [2.24, 2.45) is 0 Å². The third-order valence-corrected chi connectivity index (χ3v) is 4.39. The van der Waals surface area contributed by atoms with Gasteiger partial charge in [0.25, 0.3) is 11.5 Å². The molecule has 0 aliphatic carbocycles. The van der Waals surface area contributed by atoms with E-state index < -0.39 is 0 Å². The van der Waals surface area contributed by atoms with E-state index in [1.54, 1.807) is 32.0 Å². The molecule has 4 aromatic rings. The molecule has 3 heterocycles. The molecule has 28 heavy (non-hydrogen) atoms. The number of tetrazole rings is 1. The predicted molar refractivity (Wildman–Crippen MR) is 100 cm³/mol. The molecule has 1 aromatic carbocycles. The zero-order valence-corrected chi connectivity index (χ0v) is 15.2. The maximum absolute atomic E-state index is 12.5. The number of nitrogens with one attached hydrogen (secondary N) is 2. The first-order chi connectivity index (χ1) is 13.5. The fourth-order valence-corrected chi connectivity index (χ4v) is 2.95. The predicted octanol–water partition coefficient (Wildman–Crippen LogP) is 0.741. The van der Waals surface area contributed by atoms with E-state index in [2.05, 4.69) is 36.0 Å². The Morgan fingerprint density at radius 2 is 2.07 bits per heavy atom. The van der Waals surface area contributed by atoms with Gasteiger partial charge in [0, 0.05) is 13.0 Å². The van der Waals surface area contributed by atoms with Crippen molar-refractivity contribution < 1.29 is 4.79 Å². The average Bonchev–Trinajstić information content (AvgIpc) is 3.32. The molecule has 2 N–H and O–H groups in total. The molecule has 142 valence electrons. The van der Waals surface area contributed by atoms with E-state index in [0.717, 1.165) is 0 Å². The Kier molecular flexibility index (Phi) is 4.39. The quantitative estimate of drug-likeness (QED) is 0.522. The highest BCUT2D eigenvalue weighted by Crippen LogP contribution is 2.21. The lowest BCUT2D eigenvalue weighted by Crippen LogP contribution is -2.23. The number of anilines is 1. The van der Waals surface area contributed by atoms with Gasteiger partial charge in [-0.05, 0) is 31.2 Å². The summed E-state index contributed by atoms with van der Waals surface area (Å²) >= 11 is 0. The molecule has 0 spiro atoms. The van der Waals surface area contributed by atoms with E-state index in [-0.39, 0.29) is 30.4 Å². The van der Waals surface area contributed by atoms with Gasteiger partial charge in [0.15, 0.2) is 0 Å². The molecule has 0 aliphatic rings. The minimum atomic E-state index is -0.237. The van der Waals surface area contributed by atoms with Gasteiger partial charge in [-0.1, -0.05) is 17.2 Å². The molecule has 0 radical (unpaired) electrons. The van der Waals surface area contributed by atoms with E-state index in [1.807, 2.05) is 6.07 Å². The van der Waals surface area contributed by atoms with Crippen molar-refractivity contribution in [1.82, 2.24) is 40.0 Å². The summed E-state index contributed by atoms with van der Waals surface area (Å²) in [6.45, 7) is 3.79. The summed E-state index contributed by atoms with van der Waals surface area (Å²) in [5.41, 5.74) is 2.35. The number of para-hydroxylation sites is 1. The van der Waals surface area contributed by atoms with Gasteiger partial charge < -0.3 is 5.32 Å². The molecule has 0 fully saturated rings. The Balaban J connectivity index is 1.49. The second-order valence-corrected chi connectivity index (χ2v) is 6.23. The van der Waals surface area contributed by atoms with Crippen LogP contribution in [0.1, 0.15) is 17.8 Å². The average molecular weight is 379 g/mol. The number of hydrogen-bond donors (Lipinski definition) is 2. The molecule has 0 saturated carbocycles. The minimum absolute atomic E-state index is 0.117. The largest absolute Gasteiger partial charge is 0.323 e. The maximum Gasteiger partial charge on any atom is 0.290 e. The Hall–Kier alpha value is -3.89. The standard InChI is InChI=1S/C17H17N9O2/c1-10-15(11(2)26(22-10)17-20-23-24-21-17)19-14(27)7-8-25-9-18-13-6-4-3-5-12(13)16(25)28/h3-6,9H,7-8H2,1-2H3,(H,19,27)(H,20,21,23,24). The normalized spacial score (nSPS) is 11.1. The molecule has 4 rings (SSSR count). The summed E-state index contributed by atoms with van der Waals surface area (Å²) in [5, 5.41) is 21.3. The fraction of sp³-hybridized carbons (Fsp3) is 0.235. The summed E-state index contributed by atoms with van der Waals surface area (Å²) < 4.78 is 2.93. The van der Waals surface area contributed by atoms with Crippen molar-refractivity contribution in [3.05, 3.63) is 52.3 Å². The molecular formula is C17H17N9O2. The summed E-state index contributed by atoms with van der Waals surface area (Å²) in [6, 6.07) is 7.11. The summed E-state index contributed by atoms with van der Waals surface area (Å²) in [4.78, 5) is 29.2. The zero-order valence-electron chi connectivity index (χ0n) is 15.2. The van der Waals surface area contributed by atoms with Gasteiger partial charge in [-0.25, -0.2) is 4.98 Å². The Labute approximate surface area is 158 Å². The van der Waals surface area contributed by atoms with Crippen LogP contribution in [-0.2, 0) is 11.3 Å². The van der Waals surface area contributed by atoms with Gasteiger partial charge in [-0.15, -0.1) is 5.10 Å². The van der Waals surface area contributed by atoms with E-state index >= 15 is 0 Å². The van der Waals surface area contributed by atoms with Gasteiger partial charge >= 0.3 is 0 Å². The first-order valence-electron chi connectivity index (χ1n) is 8.58. The number of nitrogens with zero attached hydrogens (tertiary/aromatic N) is 7. The second kappa shape index (κ2) is 7.02. The smallest absolute Gasteiger partial charge is 0.290 e. The number of hydrogen-bond acceptors (Lipinski definition) is 7. The molecule has 0 unspecified atom stereocenters. The number of amides is 1. The highest BCUT2D eigenvalue weighted by atomic mass is 16.2. The van der Waals surface area contributed by atoms with Crippen molar-refractivity contribution in [2.45, 2.75) is 26.8 Å². The number of aromatic nitrogens is 8. The number of rotatable bonds is 5. The molecule has 11 nitrogen and oxygen atoms in total. The molecule has 11 heteroatoms. The fourth-order valence-electron chi connectivity index (χ4n) is 2.95. The molecule has 0 bridgehead atoms. The lowest BCUT2D eigenvalue weighted by atomic mass is 10.2. The van der Waals surface area contributed by atoms with Gasteiger partial charge in [0.05, 0.1) is 34.3 Å². The number of fused-ring (bicyclic) bond motifs is 1. The number of benzene rings is 1. The first kappa shape index (κ1) is 17.5. The van der Waals surface area contributed by atoms with Gasteiger partial charge in [-0.2, -0.15) is 15.0 Å². The highest BCUT2D eigenvalue weighted by molar-refractivity contribution is 5.92. The van der Waals surface area contributed by atoms with E-state index in [0.29, 0.717) is 28.0 Å². The molecule has 0 aliphatic heterocycles. The number of H-pyrrole nitrogens is 1. The number of carbonyl (C=O) groups is 1. The number of carbonyl (C=O) groups excluding carboxylic acids is 1. The van der Waals surface area contributed by atoms with Crippen LogP contribution in [0.5, 0.6) is 0 Å². The van der Waals surface area contributed by atoms with Crippen molar-refractivity contribution in [3.8, 4) is 5.95 Å². The van der Waals surface area contributed by atoms with Crippen LogP contribution in [0.3, 0.4) is 0 Å². The first-order valence-corrected chi connectivity index (χ1v) is 8.58. The molecule has 1 amide bonds. The summed E-state index contributed by atoms with van der Waals surface area (Å²) in [5.74, 6) is 0.0498. The van der Waals surface area contributed by atoms with Crippen molar-refractivity contribution >= 4 is 22.5 Å². The third-order valence-electron chi connectivity index (χ3n) is 4.39. The number of aryl methyl sites for hydroxylation is 2. The van der Waals surface area contributed by atoms with Crippen LogP contribution in [0.2, 0.25) is 0 Å². The number of aromatic amines is 1. The van der Waals surface area contributed by atoms with Gasteiger partial charge in [0.1, 0.15) is 0 Å². The molecule has 0 saturated heterocycles. The second-order valence-electron chi connectivity index (χ2n) is 6.23. The third kappa shape index (κ3) is 3.13. The zero-order chi connectivity index (χ0) is 19.7. The van der Waals surface area contributed by atoms with Gasteiger partial charge in [-0.3, -0.25) is 14.2 Å². The highest BCUT2D eigenvalue weighted by Gasteiger charge is 2.17.